The van der Waals surface area contributed by atoms with Gasteiger partial charge in [0.05, 0.1) is 11.8 Å². The van der Waals surface area contributed by atoms with E-state index in [1.54, 1.807) is 24.5 Å². The van der Waals surface area contributed by atoms with Crippen molar-refractivity contribution in [3.8, 4) is 23.8 Å². The molecular formula is C18H16N4O. The number of nitriles is 2. The van der Waals surface area contributed by atoms with E-state index in [-0.39, 0.29) is 11.4 Å². The standard InChI is InChI=1S/C18H16N4O/c19-10-15-14-7-3-1-2-4-8-17(14)22-18(16(15)11-20)23-13-6-5-9-21-12-13/h5-6,9,12H,1-4,7-8H2. The van der Waals surface area contributed by atoms with Crippen LogP contribution in [0.2, 0.25) is 0 Å². The molecule has 5 nitrogen and oxygen atoms in total. The van der Waals surface area contributed by atoms with Gasteiger partial charge in [-0.1, -0.05) is 12.8 Å². The Hall–Kier alpha value is -2.92. The number of aryl methyl sites for hydroxylation is 1. The topological polar surface area (TPSA) is 82.6 Å². The lowest BCUT2D eigenvalue weighted by Gasteiger charge is -2.17. The number of aromatic nitrogens is 2. The van der Waals surface area contributed by atoms with Gasteiger partial charge in [0.15, 0.2) is 0 Å². The second-order valence-corrected chi connectivity index (χ2v) is 5.52. The SMILES string of the molecule is N#Cc1c(Oc2cccnc2)nc2c(c1C#N)CCCCCC2. The van der Waals surface area contributed by atoms with Gasteiger partial charge < -0.3 is 4.74 Å². The normalized spacial score (nSPS) is 13.8. The fraction of sp³-hybridized carbons (Fsp3) is 0.333. The maximum absolute atomic E-state index is 9.56. The predicted molar refractivity (Wildman–Crippen MR) is 83.9 cm³/mol. The summed E-state index contributed by atoms with van der Waals surface area (Å²) in [6.07, 6.45) is 9.21. The number of hydrogen-bond acceptors (Lipinski definition) is 5. The summed E-state index contributed by atoms with van der Waals surface area (Å²) < 4.78 is 5.73. The van der Waals surface area contributed by atoms with Gasteiger partial charge in [-0.15, -0.1) is 0 Å². The lowest BCUT2D eigenvalue weighted by Crippen LogP contribution is -2.09. The number of ether oxygens (including phenoxy) is 1. The van der Waals surface area contributed by atoms with E-state index in [2.05, 4.69) is 22.1 Å². The van der Waals surface area contributed by atoms with Crippen molar-refractivity contribution < 1.29 is 4.74 Å². The van der Waals surface area contributed by atoms with Crippen LogP contribution in [0.1, 0.15) is 48.1 Å². The van der Waals surface area contributed by atoms with Crippen LogP contribution in [-0.4, -0.2) is 9.97 Å². The molecule has 0 aliphatic heterocycles. The van der Waals surface area contributed by atoms with E-state index in [1.807, 2.05) is 0 Å². The summed E-state index contributed by atoms with van der Waals surface area (Å²) in [5.41, 5.74) is 2.44. The zero-order valence-electron chi connectivity index (χ0n) is 12.7. The average Bonchev–Trinajstić information content (AvgIpc) is 2.56. The first-order valence-corrected chi connectivity index (χ1v) is 7.77. The molecule has 5 heteroatoms. The second-order valence-electron chi connectivity index (χ2n) is 5.52. The van der Waals surface area contributed by atoms with Gasteiger partial charge in [-0.2, -0.15) is 10.5 Å². The van der Waals surface area contributed by atoms with Crippen LogP contribution in [0, 0.1) is 22.7 Å². The minimum Gasteiger partial charge on any atom is -0.436 e. The van der Waals surface area contributed by atoms with Gasteiger partial charge in [0, 0.05) is 11.9 Å². The van der Waals surface area contributed by atoms with Crippen LogP contribution in [0.25, 0.3) is 0 Å². The van der Waals surface area contributed by atoms with Crippen LogP contribution in [0.5, 0.6) is 11.6 Å². The molecule has 0 fully saturated rings. The van der Waals surface area contributed by atoms with E-state index in [0.29, 0.717) is 11.3 Å². The van der Waals surface area contributed by atoms with Gasteiger partial charge in [-0.05, 0) is 43.4 Å². The van der Waals surface area contributed by atoms with Crippen molar-refractivity contribution >= 4 is 0 Å². The lowest BCUT2D eigenvalue weighted by molar-refractivity contribution is 0.454. The molecule has 2 heterocycles. The molecule has 1 aliphatic carbocycles. The Morgan fingerprint density at radius 1 is 1.00 bits per heavy atom. The van der Waals surface area contributed by atoms with E-state index < -0.39 is 0 Å². The molecule has 2 aromatic heterocycles. The molecule has 23 heavy (non-hydrogen) atoms. The largest absolute Gasteiger partial charge is 0.436 e. The molecule has 0 spiro atoms. The van der Waals surface area contributed by atoms with Crippen LogP contribution < -0.4 is 4.74 Å². The summed E-state index contributed by atoms with van der Waals surface area (Å²) in [5.74, 6) is 0.711. The number of pyridine rings is 2. The first kappa shape index (κ1) is 15.0. The molecule has 0 saturated heterocycles. The number of rotatable bonds is 2. The summed E-state index contributed by atoms with van der Waals surface area (Å²) >= 11 is 0. The molecule has 1 aliphatic rings. The predicted octanol–water partition coefficient (Wildman–Crippen LogP) is 3.67. The smallest absolute Gasteiger partial charge is 0.238 e. The van der Waals surface area contributed by atoms with Crippen molar-refractivity contribution in [1.29, 1.82) is 10.5 Å². The van der Waals surface area contributed by atoms with Crippen LogP contribution >= 0.6 is 0 Å². The zero-order valence-corrected chi connectivity index (χ0v) is 12.7. The van der Waals surface area contributed by atoms with Crippen LogP contribution in [-0.2, 0) is 12.8 Å². The number of hydrogen-bond donors (Lipinski definition) is 0. The summed E-state index contributed by atoms with van der Waals surface area (Å²) in [5, 5.41) is 19.1. The fourth-order valence-corrected chi connectivity index (χ4v) is 2.89. The zero-order chi connectivity index (χ0) is 16.1. The fourth-order valence-electron chi connectivity index (χ4n) is 2.89. The molecule has 2 aromatic rings. The molecule has 0 unspecified atom stereocenters. The molecule has 0 atom stereocenters. The first-order valence-electron chi connectivity index (χ1n) is 7.77. The Bertz CT molecular complexity index is 787. The van der Waals surface area contributed by atoms with E-state index in [9.17, 15) is 10.5 Å². The molecule has 0 bridgehead atoms. The van der Waals surface area contributed by atoms with E-state index in [4.69, 9.17) is 4.74 Å². The molecule has 0 radical (unpaired) electrons. The van der Waals surface area contributed by atoms with Gasteiger partial charge >= 0.3 is 0 Å². The summed E-state index contributed by atoms with van der Waals surface area (Å²) in [7, 11) is 0. The summed E-state index contributed by atoms with van der Waals surface area (Å²) in [6, 6.07) is 7.78. The Morgan fingerprint density at radius 2 is 1.78 bits per heavy atom. The van der Waals surface area contributed by atoms with Crippen molar-refractivity contribution in [2.45, 2.75) is 38.5 Å². The third kappa shape index (κ3) is 3.14. The highest BCUT2D eigenvalue weighted by molar-refractivity contribution is 5.57. The van der Waals surface area contributed by atoms with Gasteiger partial charge in [0.2, 0.25) is 5.88 Å². The Labute approximate surface area is 135 Å². The molecule has 0 amide bonds. The van der Waals surface area contributed by atoms with Crippen molar-refractivity contribution in [3.05, 3.63) is 46.9 Å². The van der Waals surface area contributed by atoms with E-state index >= 15 is 0 Å². The highest BCUT2D eigenvalue weighted by atomic mass is 16.5. The van der Waals surface area contributed by atoms with Crippen LogP contribution in [0.3, 0.4) is 0 Å². The van der Waals surface area contributed by atoms with Crippen molar-refractivity contribution in [2.75, 3.05) is 0 Å². The van der Waals surface area contributed by atoms with Gasteiger partial charge in [0.25, 0.3) is 0 Å². The minimum absolute atomic E-state index is 0.205. The monoisotopic (exact) mass is 304 g/mol. The van der Waals surface area contributed by atoms with Gasteiger partial charge in [-0.25, -0.2) is 4.98 Å². The second kappa shape index (κ2) is 6.89. The number of fused-ring (bicyclic) bond motifs is 1. The van der Waals surface area contributed by atoms with Crippen LogP contribution in [0.4, 0.5) is 0 Å². The summed E-state index contributed by atoms with van der Waals surface area (Å²) in [6.45, 7) is 0. The molecule has 114 valence electrons. The molecule has 0 saturated carbocycles. The minimum atomic E-state index is 0.205. The van der Waals surface area contributed by atoms with Crippen LogP contribution in [0.15, 0.2) is 24.5 Å². The van der Waals surface area contributed by atoms with E-state index in [1.165, 1.54) is 6.42 Å². The highest BCUT2D eigenvalue weighted by Gasteiger charge is 2.21. The lowest BCUT2D eigenvalue weighted by atomic mass is 9.92. The van der Waals surface area contributed by atoms with Gasteiger partial charge in [-0.3, -0.25) is 4.98 Å². The van der Waals surface area contributed by atoms with Crippen molar-refractivity contribution in [2.24, 2.45) is 0 Å². The molecular weight excluding hydrogens is 288 g/mol. The third-order valence-corrected chi connectivity index (χ3v) is 4.01. The Balaban J connectivity index is 2.10. The Kier molecular flexibility index (Phi) is 4.49. The maximum Gasteiger partial charge on any atom is 0.238 e. The highest BCUT2D eigenvalue weighted by Crippen LogP contribution is 2.31. The summed E-state index contributed by atoms with van der Waals surface area (Å²) in [4.78, 5) is 8.56. The average molecular weight is 304 g/mol. The first-order chi connectivity index (χ1) is 11.3. The molecule has 0 N–H and O–H groups in total. The quantitative estimate of drug-likeness (QED) is 0.845. The van der Waals surface area contributed by atoms with Crippen molar-refractivity contribution in [3.63, 3.8) is 0 Å². The molecule has 0 aromatic carbocycles. The van der Waals surface area contributed by atoms with Crippen molar-refractivity contribution in [1.82, 2.24) is 9.97 Å². The Morgan fingerprint density at radius 3 is 2.48 bits per heavy atom. The molecule has 3 rings (SSSR count). The third-order valence-electron chi connectivity index (χ3n) is 4.01. The van der Waals surface area contributed by atoms with E-state index in [0.717, 1.165) is 43.4 Å². The maximum atomic E-state index is 9.56. The number of nitrogens with zero attached hydrogens (tertiary/aromatic N) is 4. The van der Waals surface area contributed by atoms with Gasteiger partial charge in [0.1, 0.15) is 23.5 Å².